The number of carbonyl (C=O) groups is 1. The summed E-state index contributed by atoms with van der Waals surface area (Å²) in [4.78, 5) is 23.2. The van der Waals surface area contributed by atoms with Crippen molar-refractivity contribution < 1.29 is 4.79 Å². The predicted octanol–water partition coefficient (Wildman–Crippen LogP) is 3.10. The molecule has 1 N–H and O–H groups in total. The van der Waals surface area contributed by atoms with Gasteiger partial charge in [0, 0.05) is 36.7 Å². The Morgan fingerprint density at radius 3 is 2.00 bits per heavy atom. The van der Waals surface area contributed by atoms with Gasteiger partial charge in [-0.05, 0) is 48.5 Å². The van der Waals surface area contributed by atoms with E-state index in [0.29, 0.717) is 13.1 Å². The molecule has 3 aromatic rings. The molecule has 0 radical (unpaired) electrons. The second-order valence-corrected chi connectivity index (χ2v) is 6.06. The first-order chi connectivity index (χ1) is 13.2. The lowest BCUT2D eigenvalue weighted by Gasteiger charge is -2.21. The SMILES string of the molecule is C#Cc1ccc(NC(=O)CN(Cc2ccccn2)Cc2ccccn2)cc1. The van der Waals surface area contributed by atoms with Crippen LogP contribution in [-0.4, -0.2) is 27.3 Å². The van der Waals surface area contributed by atoms with Crippen molar-refractivity contribution in [3.8, 4) is 12.3 Å². The second-order valence-electron chi connectivity index (χ2n) is 6.06. The standard InChI is InChI=1S/C22H20N4O/c1-2-18-9-11-19(12-10-18)25-22(27)17-26(15-20-7-3-5-13-23-20)16-21-8-4-6-14-24-21/h1,3-14H,15-17H2,(H,25,27). The number of rotatable bonds is 7. The van der Waals surface area contributed by atoms with Crippen molar-refractivity contribution in [2.45, 2.75) is 13.1 Å². The zero-order chi connectivity index (χ0) is 18.9. The van der Waals surface area contributed by atoms with Gasteiger partial charge in [-0.1, -0.05) is 18.1 Å². The molecular weight excluding hydrogens is 336 g/mol. The molecule has 0 saturated carbocycles. The highest BCUT2D eigenvalue weighted by atomic mass is 16.2. The summed E-state index contributed by atoms with van der Waals surface area (Å²) >= 11 is 0. The van der Waals surface area contributed by atoms with Crippen molar-refractivity contribution in [1.82, 2.24) is 14.9 Å². The molecule has 0 aliphatic heterocycles. The van der Waals surface area contributed by atoms with Gasteiger partial charge in [0.1, 0.15) is 0 Å². The summed E-state index contributed by atoms with van der Waals surface area (Å²) in [5, 5.41) is 2.91. The van der Waals surface area contributed by atoms with Crippen molar-refractivity contribution in [3.63, 3.8) is 0 Å². The van der Waals surface area contributed by atoms with Gasteiger partial charge in [-0.25, -0.2) is 0 Å². The molecule has 0 bridgehead atoms. The van der Waals surface area contributed by atoms with E-state index in [4.69, 9.17) is 6.42 Å². The van der Waals surface area contributed by atoms with Crippen LogP contribution in [-0.2, 0) is 17.9 Å². The third-order valence-corrected chi connectivity index (χ3v) is 3.93. The Balaban J connectivity index is 1.67. The van der Waals surface area contributed by atoms with E-state index in [1.807, 2.05) is 41.3 Å². The van der Waals surface area contributed by atoms with Crippen LogP contribution < -0.4 is 5.32 Å². The molecule has 0 aliphatic rings. The molecule has 5 nitrogen and oxygen atoms in total. The van der Waals surface area contributed by atoms with Crippen LogP contribution in [0.3, 0.4) is 0 Å². The van der Waals surface area contributed by atoms with Crippen molar-refractivity contribution in [1.29, 1.82) is 0 Å². The molecule has 0 spiro atoms. The maximum atomic E-state index is 12.5. The number of anilines is 1. The first kappa shape index (κ1) is 18.3. The summed E-state index contributed by atoms with van der Waals surface area (Å²) in [7, 11) is 0. The van der Waals surface area contributed by atoms with E-state index in [1.165, 1.54) is 0 Å². The fourth-order valence-electron chi connectivity index (χ4n) is 2.66. The Hall–Kier alpha value is -3.49. The minimum atomic E-state index is -0.102. The first-order valence-electron chi connectivity index (χ1n) is 8.61. The molecule has 1 aromatic carbocycles. The van der Waals surface area contributed by atoms with E-state index in [-0.39, 0.29) is 12.5 Å². The molecule has 0 unspecified atom stereocenters. The van der Waals surface area contributed by atoms with Crippen molar-refractivity contribution >= 4 is 11.6 Å². The fraction of sp³-hybridized carbons (Fsp3) is 0.136. The van der Waals surface area contributed by atoms with E-state index in [2.05, 4.69) is 21.2 Å². The molecular formula is C22H20N4O. The highest BCUT2D eigenvalue weighted by molar-refractivity contribution is 5.92. The van der Waals surface area contributed by atoms with Gasteiger partial charge in [0.05, 0.1) is 17.9 Å². The molecule has 27 heavy (non-hydrogen) atoms. The van der Waals surface area contributed by atoms with Gasteiger partial charge in [-0.2, -0.15) is 0 Å². The average Bonchev–Trinajstić information content (AvgIpc) is 2.70. The zero-order valence-electron chi connectivity index (χ0n) is 14.9. The normalized spacial score (nSPS) is 10.4. The van der Waals surface area contributed by atoms with Gasteiger partial charge in [-0.15, -0.1) is 6.42 Å². The van der Waals surface area contributed by atoms with Crippen molar-refractivity contribution in [3.05, 3.63) is 90.0 Å². The van der Waals surface area contributed by atoms with E-state index >= 15 is 0 Å². The Morgan fingerprint density at radius 2 is 1.52 bits per heavy atom. The Bertz CT molecular complexity index is 861. The number of nitrogens with zero attached hydrogens (tertiary/aromatic N) is 3. The largest absolute Gasteiger partial charge is 0.325 e. The van der Waals surface area contributed by atoms with Crippen molar-refractivity contribution in [2.75, 3.05) is 11.9 Å². The van der Waals surface area contributed by atoms with Crippen LogP contribution in [0.25, 0.3) is 0 Å². The summed E-state index contributed by atoms with van der Waals surface area (Å²) in [5.74, 6) is 2.46. The predicted molar refractivity (Wildman–Crippen MR) is 106 cm³/mol. The molecule has 1 amide bonds. The summed E-state index contributed by atoms with van der Waals surface area (Å²) in [6.07, 6.45) is 8.86. The first-order valence-corrected chi connectivity index (χ1v) is 8.61. The zero-order valence-corrected chi connectivity index (χ0v) is 14.9. The van der Waals surface area contributed by atoms with Gasteiger partial charge >= 0.3 is 0 Å². The van der Waals surface area contributed by atoms with Crippen LogP contribution in [0, 0.1) is 12.3 Å². The number of benzene rings is 1. The topological polar surface area (TPSA) is 58.1 Å². The molecule has 0 aliphatic carbocycles. The van der Waals surface area contributed by atoms with Crippen molar-refractivity contribution in [2.24, 2.45) is 0 Å². The lowest BCUT2D eigenvalue weighted by Crippen LogP contribution is -2.33. The van der Waals surface area contributed by atoms with Crippen LogP contribution in [0.2, 0.25) is 0 Å². The maximum absolute atomic E-state index is 12.5. The number of nitrogens with one attached hydrogen (secondary N) is 1. The molecule has 0 fully saturated rings. The van der Waals surface area contributed by atoms with Crippen LogP contribution in [0.15, 0.2) is 73.1 Å². The summed E-state index contributed by atoms with van der Waals surface area (Å²) in [6, 6.07) is 18.7. The fourth-order valence-corrected chi connectivity index (χ4v) is 2.66. The lowest BCUT2D eigenvalue weighted by atomic mass is 10.2. The van der Waals surface area contributed by atoms with Gasteiger partial charge < -0.3 is 5.32 Å². The number of carbonyl (C=O) groups excluding carboxylic acids is 1. The minimum Gasteiger partial charge on any atom is -0.325 e. The van der Waals surface area contributed by atoms with Gasteiger partial charge in [-0.3, -0.25) is 19.7 Å². The summed E-state index contributed by atoms with van der Waals surface area (Å²) in [5.41, 5.74) is 3.30. The van der Waals surface area contributed by atoms with Crippen LogP contribution in [0.1, 0.15) is 17.0 Å². The van der Waals surface area contributed by atoms with E-state index < -0.39 is 0 Å². The Kier molecular flexibility index (Phi) is 6.29. The number of hydrogen-bond donors (Lipinski definition) is 1. The van der Waals surface area contributed by atoms with Gasteiger partial charge in [0.15, 0.2) is 0 Å². The third-order valence-electron chi connectivity index (χ3n) is 3.93. The molecule has 5 heteroatoms. The van der Waals surface area contributed by atoms with E-state index in [1.54, 1.807) is 36.7 Å². The van der Waals surface area contributed by atoms with Gasteiger partial charge in [0.25, 0.3) is 0 Å². The third kappa shape index (κ3) is 5.77. The van der Waals surface area contributed by atoms with Crippen LogP contribution >= 0.6 is 0 Å². The minimum absolute atomic E-state index is 0.102. The molecule has 0 atom stereocenters. The molecule has 2 heterocycles. The smallest absolute Gasteiger partial charge is 0.238 e. The monoisotopic (exact) mass is 356 g/mol. The number of amides is 1. The van der Waals surface area contributed by atoms with E-state index in [0.717, 1.165) is 22.6 Å². The number of terminal acetylenes is 1. The average molecular weight is 356 g/mol. The van der Waals surface area contributed by atoms with E-state index in [9.17, 15) is 4.79 Å². The Morgan fingerprint density at radius 1 is 0.926 bits per heavy atom. The quantitative estimate of drug-likeness (QED) is 0.661. The molecule has 134 valence electrons. The van der Waals surface area contributed by atoms with Crippen LogP contribution in [0.5, 0.6) is 0 Å². The highest BCUT2D eigenvalue weighted by Gasteiger charge is 2.13. The number of aromatic nitrogens is 2. The summed E-state index contributed by atoms with van der Waals surface area (Å²) in [6.45, 7) is 1.34. The molecule has 3 rings (SSSR count). The highest BCUT2D eigenvalue weighted by Crippen LogP contribution is 2.10. The number of pyridine rings is 2. The maximum Gasteiger partial charge on any atom is 0.238 e. The van der Waals surface area contributed by atoms with Crippen LogP contribution in [0.4, 0.5) is 5.69 Å². The summed E-state index contributed by atoms with van der Waals surface area (Å²) < 4.78 is 0. The molecule has 0 saturated heterocycles. The second kappa shape index (κ2) is 9.27. The lowest BCUT2D eigenvalue weighted by molar-refractivity contribution is -0.117. The number of hydrogen-bond acceptors (Lipinski definition) is 4. The van der Waals surface area contributed by atoms with Gasteiger partial charge in [0.2, 0.25) is 5.91 Å². The Labute approximate surface area is 159 Å². The molecule has 2 aromatic heterocycles.